The van der Waals surface area contributed by atoms with Gasteiger partial charge >= 0.3 is 0 Å². The molecule has 0 N–H and O–H groups in total. The minimum Gasteiger partial charge on any atom is -0.309 e. The molecule has 0 bridgehead atoms. The lowest BCUT2D eigenvalue weighted by molar-refractivity contribution is 0.560. The Morgan fingerprint density at radius 2 is 1.52 bits per heavy atom. The minimum absolute atomic E-state index is 0.00282. The summed E-state index contributed by atoms with van der Waals surface area (Å²) in [6.45, 7) is 4.61. The Bertz CT molecular complexity index is 2110. The van der Waals surface area contributed by atoms with Gasteiger partial charge in [-0.3, -0.25) is 0 Å². The van der Waals surface area contributed by atoms with Crippen molar-refractivity contribution < 1.29 is 0 Å². The minimum atomic E-state index is -0.00282. The normalized spacial score (nSPS) is 15.7. The lowest BCUT2D eigenvalue weighted by Gasteiger charge is -2.12. The van der Waals surface area contributed by atoms with Crippen LogP contribution in [0.25, 0.3) is 43.9 Å². The zero-order chi connectivity index (χ0) is 26.8. The molecule has 3 aromatic heterocycles. The Labute approximate surface area is 236 Å². The number of fused-ring (bicyclic) bond motifs is 9. The van der Waals surface area contributed by atoms with Gasteiger partial charge < -0.3 is 4.57 Å². The number of hydrogen-bond acceptors (Lipinski definition) is 1. The Morgan fingerprint density at radius 3 is 2.35 bits per heavy atom. The molecule has 0 saturated carbocycles. The Kier molecular flexibility index (Phi) is 5.46. The van der Waals surface area contributed by atoms with Crippen molar-refractivity contribution in [2.24, 2.45) is 5.92 Å². The Hall–Kier alpha value is -4.15. The summed E-state index contributed by atoms with van der Waals surface area (Å²) in [6, 6.07) is 36.0. The van der Waals surface area contributed by atoms with E-state index >= 15 is 0 Å². The molecular formula is C36H31N3S. The van der Waals surface area contributed by atoms with Crippen LogP contribution in [0.5, 0.6) is 0 Å². The van der Waals surface area contributed by atoms with Gasteiger partial charge in [-0.2, -0.15) is 5.10 Å². The molecule has 0 amide bonds. The second kappa shape index (κ2) is 9.21. The molecule has 7 aromatic rings. The fourth-order valence-corrected chi connectivity index (χ4v) is 8.47. The van der Waals surface area contributed by atoms with E-state index in [1.807, 2.05) is 6.20 Å². The molecule has 8 rings (SSSR count). The van der Waals surface area contributed by atoms with Gasteiger partial charge in [0.1, 0.15) is 0 Å². The molecule has 3 nitrogen and oxygen atoms in total. The van der Waals surface area contributed by atoms with Crippen LogP contribution in [0.15, 0.2) is 108 Å². The standard InChI is InChI=1S/C36H31N3S/c1-3-24(2)20-25-12-14-26(15-13-25)38-33-10-6-4-8-28(33)30-21-27(16-17-34(30)38)40-22-31-29-9-5-7-11-35(29)39-36(18-19-37-39)32(31)23-40/h4-19,21-22,24H,3,20,23H2,1-2H3. The lowest BCUT2D eigenvalue weighted by Crippen LogP contribution is -1.99. The SMILES string of the molecule is CCC(C)Cc1ccc(-n2c3ccccc3c3cc(S4=Cc5c(c6ccnn6c6ccccc56)C4)ccc32)cc1. The molecule has 0 spiro atoms. The summed E-state index contributed by atoms with van der Waals surface area (Å²) >= 11 is 0. The van der Waals surface area contributed by atoms with Gasteiger partial charge in [-0.25, -0.2) is 4.52 Å². The first-order chi connectivity index (χ1) is 19.7. The predicted octanol–water partition coefficient (Wildman–Crippen LogP) is 9.17. The van der Waals surface area contributed by atoms with Crippen LogP contribution in [0.4, 0.5) is 0 Å². The molecule has 0 aliphatic carbocycles. The highest BCUT2D eigenvalue weighted by Gasteiger charge is 2.22. The number of rotatable bonds is 5. The van der Waals surface area contributed by atoms with Gasteiger partial charge in [0.2, 0.25) is 0 Å². The molecule has 40 heavy (non-hydrogen) atoms. The van der Waals surface area contributed by atoms with Gasteiger partial charge in [-0.15, -0.1) is 10.5 Å². The van der Waals surface area contributed by atoms with E-state index in [0.29, 0.717) is 5.92 Å². The molecule has 2 unspecified atom stereocenters. The zero-order valence-electron chi connectivity index (χ0n) is 22.8. The van der Waals surface area contributed by atoms with E-state index in [2.05, 4.69) is 130 Å². The number of benzene rings is 4. The lowest BCUT2D eigenvalue weighted by atomic mass is 9.99. The average Bonchev–Trinajstić information content (AvgIpc) is 3.73. The third-order valence-corrected chi connectivity index (χ3v) is 10.7. The van der Waals surface area contributed by atoms with Gasteiger partial charge in [0, 0.05) is 32.5 Å². The van der Waals surface area contributed by atoms with Gasteiger partial charge in [0.15, 0.2) is 0 Å². The van der Waals surface area contributed by atoms with Gasteiger partial charge in [-0.05, 0) is 82.9 Å². The maximum atomic E-state index is 4.66. The van der Waals surface area contributed by atoms with Gasteiger partial charge in [0.05, 0.1) is 28.3 Å². The largest absolute Gasteiger partial charge is 0.309 e. The third-order valence-electron chi connectivity index (χ3n) is 8.68. The summed E-state index contributed by atoms with van der Waals surface area (Å²) in [5.74, 6) is 1.73. The number of nitrogens with zero attached hydrogens (tertiary/aromatic N) is 3. The van der Waals surface area contributed by atoms with Crippen molar-refractivity contribution in [3.63, 3.8) is 0 Å². The van der Waals surface area contributed by atoms with E-state index in [9.17, 15) is 0 Å². The van der Waals surface area contributed by atoms with Crippen molar-refractivity contribution in [2.45, 2.75) is 37.3 Å². The van der Waals surface area contributed by atoms with Crippen molar-refractivity contribution in [2.75, 3.05) is 0 Å². The zero-order valence-corrected chi connectivity index (χ0v) is 23.7. The van der Waals surface area contributed by atoms with Crippen LogP contribution in [0, 0.1) is 5.92 Å². The summed E-state index contributed by atoms with van der Waals surface area (Å²) in [5, 5.41) is 11.1. The third kappa shape index (κ3) is 3.59. The smallest absolute Gasteiger partial charge is 0.0731 e. The molecule has 196 valence electrons. The van der Waals surface area contributed by atoms with E-state index in [4.69, 9.17) is 0 Å². The molecule has 4 heterocycles. The second-order valence-electron chi connectivity index (χ2n) is 11.1. The quantitative estimate of drug-likeness (QED) is 0.201. The van der Waals surface area contributed by atoms with Crippen molar-refractivity contribution >= 4 is 54.1 Å². The fraction of sp³-hybridized carbons (Fsp3) is 0.167. The molecule has 0 fully saturated rings. The van der Waals surface area contributed by atoms with Gasteiger partial charge in [0.25, 0.3) is 0 Å². The number of para-hydroxylation sites is 2. The van der Waals surface area contributed by atoms with E-state index in [0.717, 1.165) is 12.2 Å². The van der Waals surface area contributed by atoms with Crippen LogP contribution < -0.4 is 0 Å². The summed E-state index contributed by atoms with van der Waals surface area (Å²) < 4.78 is 4.54. The monoisotopic (exact) mass is 537 g/mol. The predicted molar refractivity (Wildman–Crippen MR) is 171 cm³/mol. The molecule has 1 aliphatic heterocycles. The first-order valence-electron chi connectivity index (χ1n) is 14.2. The van der Waals surface area contributed by atoms with Crippen molar-refractivity contribution in [3.8, 4) is 5.69 Å². The van der Waals surface area contributed by atoms with Crippen molar-refractivity contribution in [1.82, 2.24) is 14.2 Å². The highest BCUT2D eigenvalue weighted by molar-refractivity contribution is 8.15. The summed E-state index contributed by atoms with van der Waals surface area (Å²) in [4.78, 5) is 1.40. The molecule has 0 saturated heterocycles. The number of aromatic nitrogens is 3. The van der Waals surface area contributed by atoms with Crippen LogP contribution in [0.3, 0.4) is 0 Å². The van der Waals surface area contributed by atoms with Gasteiger partial charge in [-0.1, -0.05) is 68.8 Å². The van der Waals surface area contributed by atoms with E-state index in [1.54, 1.807) is 0 Å². The van der Waals surface area contributed by atoms with Crippen molar-refractivity contribution in [1.29, 1.82) is 0 Å². The van der Waals surface area contributed by atoms with Crippen LogP contribution in [0.1, 0.15) is 37.0 Å². The molecule has 4 aromatic carbocycles. The first kappa shape index (κ1) is 23.7. The molecule has 2 atom stereocenters. The summed E-state index contributed by atoms with van der Waals surface area (Å²) in [5.41, 5.74) is 10.4. The molecular weight excluding hydrogens is 506 g/mol. The second-order valence-corrected chi connectivity index (χ2v) is 13.0. The maximum Gasteiger partial charge on any atom is 0.0731 e. The Balaban J connectivity index is 1.26. The van der Waals surface area contributed by atoms with Crippen molar-refractivity contribution in [3.05, 3.63) is 120 Å². The molecule has 4 heteroatoms. The molecule has 0 radical (unpaired) electrons. The number of hydrogen-bond donors (Lipinski definition) is 0. The summed E-state index contributed by atoms with van der Waals surface area (Å²) in [7, 11) is -0.00282. The maximum absolute atomic E-state index is 4.66. The summed E-state index contributed by atoms with van der Waals surface area (Å²) in [6.07, 6.45) is 4.27. The topological polar surface area (TPSA) is 22.2 Å². The average molecular weight is 538 g/mol. The molecule has 1 aliphatic rings. The van der Waals surface area contributed by atoms with E-state index in [-0.39, 0.29) is 10.5 Å². The van der Waals surface area contributed by atoms with Crippen LogP contribution >= 0.6 is 10.5 Å². The van der Waals surface area contributed by atoms with Crippen LogP contribution in [-0.2, 0) is 12.2 Å². The van der Waals surface area contributed by atoms with E-state index in [1.165, 1.54) is 71.9 Å². The van der Waals surface area contributed by atoms with E-state index < -0.39 is 0 Å². The van der Waals surface area contributed by atoms with Crippen LogP contribution in [0.2, 0.25) is 0 Å². The first-order valence-corrected chi connectivity index (χ1v) is 15.7. The fourth-order valence-electron chi connectivity index (χ4n) is 6.41. The van der Waals surface area contributed by atoms with Crippen LogP contribution in [-0.4, -0.2) is 19.5 Å². The highest BCUT2D eigenvalue weighted by atomic mass is 32.2. The highest BCUT2D eigenvalue weighted by Crippen LogP contribution is 2.43. The number of pyridine rings is 1. The Morgan fingerprint density at radius 1 is 0.775 bits per heavy atom.